The standard InChI is InChI=1S/C12H15NO2/c1-3-13-7-11(8(2)14)10-5-4-9(15)6-12(10)13/h4-8,14-15H,3H2,1-2H3. The van der Waals surface area contributed by atoms with Gasteiger partial charge in [-0.15, -0.1) is 0 Å². The van der Waals surface area contributed by atoms with E-state index in [1.54, 1.807) is 19.1 Å². The summed E-state index contributed by atoms with van der Waals surface area (Å²) in [5.74, 6) is 0.257. The minimum atomic E-state index is -0.482. The van der Waals surface area contributed by atoms with E-state index in [-0.39, 0.29) is 5.75 Å². The zero-order chi connectivity index (χ0) is 11.0. The highest BCUT2D eigenvalue weighted by Gasteiger charge is 2.11. The van der Waals surface area contributed by atoms with Crippen molar-refractivity contribution in [3.05, 3.63) is 30.0 Å². The largest absolute Gasteiger partial charge is 0.508 e. The maximum absolute atomic E-state index is 9.62. The van der Waals surface area contributed by atoms with Gasteiger partial charge in [0.1, 0.15) is 5.75 Å². The lowest BCUT2D eigenvalue weighted by atomic mass is 10.1. The average molecular weight is 205 g/mol. The first kappa shape index (κ1) is 10.1. The smallest absolute Gasteiger partial charge is 0.117 e. The maximum atomic E-state index is 9.62. The first-order valence-electron chi connectivity index (χ1n) is 5.13. The van der Waals surface area contributed by atoms with E-state index in [0.29, 0.717) is 0 Å². The number of nitrogens with zero attached hydrogens (tertiary/aromatic N) is 1. The van der Waals surface area contributed by atoms with E-state index < -0.39 is 6.10 Å². The van der Waals surface area contributed by atoms with Crippen LogP contribution in [0.4, 0.5) is 0 Å². The van der Waals surface area contributed by atoms with Gasteiger partial charge in [0.05, 0.1) is 11.6 Å². The van der Waals surface area contributed by atoms with Crippen molar-refractivity contribution in [2.24, 2.45) is 0 Å². The number of benzene rings is 1. The van der Waals surface area contributed by atoms with Gasteiger partial charge >= 0.3 is 0 Å². The third-order valence-corrected chi connectivity index (χ3v) is 2.69. The number of aromatic nitrogens is 1. The van der Waals surface area contributed by atoms with Crippen molar-refractivity contribution in [2.75, 3.05) is 0 Å². The minimum Gasteiger partial charge on any atom is -0.508 e. The van der Waals surface area contributed by atoms with Gasteiger partial charge in [-0.1, -0.05) is 0 Å². The Morgan fingerprint density at radius 1 is 1.40 bits per heavy atom. The molecule has 0 aliphatic heterocycles. The fraction of sp³-hybridized carbons (Fsp3) is 0.333. The Bertz CT molecular complexity index is 486. The number of aliphatic hydroxyl groups excluding tert-OH is 1. The molecular weight excluding hydrogens is 190 g/mol. The van der Waals surface area contributed by atoms with Crippen molar-refractivity contribution in [2.45, 2.75) is 26.5 Å². The Balaban J connectivity index is 2.75. The van der Waals surface area contributed by atoms with Crippen LogP contribution in [0.3, 0.4) is 0 Å². The van der Waals surface area contributed by atoms with Crippen LogP contribution in [0.25, 0.3) is 10.9 Å². The van der Waals surface area contributed by atoms with E-state index in [1.807, 2.05) is 23.8 Å². The van der Waals surface area contributed by atoms with Crippen LogP contribution in [-0.4, -0.2) is 14.8 Å². The van der Waals surface area contributed by atoms with Crippen LogP contribution in [0.2, 0.25) is 0 Å². The van der Waals surface area contributed by atoms with E-state index in [1.165, 1.54) is 0 Å². The van der Waals surface area contributed by atoms with Crippen LogP contribution in [0.15, 0.2) is 24.4 Å². The lowest BCUT2D eigenvalue weighted by Gasteiger charge is -2.01. The van der Waals surface area contributed by atoms with E-state index in [9.17, 15) is 10.2 Å². The average Bonchev–Trinajstić information content (AvgIpc) is 2.55. The molecule has 1 aromatic carbocycles. The molecule has 0 fully saturated rings. The summed E-state index contributed by atoms with van der Waals surface area (Å²) in [7, 11) is 0. The van der Waals surface area contributed by atoms with E-state index in [2.05, 4.69) is 0 Å². The maximum Gasteiger partial charge on any atom is 0.117 e. The van der Waals surface area contributed by atoms with Crippen molar-refractivity contribution in [3.8, 4) is 5.75 Å². The van der Waals surface area contributed by atoms with Crippen LogP contribution >= 0.6 is 0 Å². The quantitative estimate of drug-likeness (QED) is 0.790. The molecular formula is C12H15NO2. The van der Waals surface area contributed by atoms with Crippen molar-refractivity contribution < 1.29 is 10.2 Å². The van der Waals surface area contributed by atoms with E-state index in [4.69, 9.17) is 0 Å². The molecule has 3 nitrogen and oxygen atoms in total. The highest BCUT2D eigenvalue weighted by atomic mass is 16.3. The fourth-order valence-electron chi connectivity index (χ4n) is 1.90. The van der Waals surface area contributed by atoms with Crippen LogP contribution in [0.1, 0.15) is 25.5 Å². The monoisotopic (exact) mass is 205 g/mol. The van der Waals surface area contributed by atoms with Gasteiger partial charge in [0.2, 0.25) is 0 Å². The van der Waals surface area contributed by atoms with Crippen LogP contribution in [0, 0.1) is 0 Å². The van der Waals surface area contributed by atoms with Crippen molar-refractivity contribution >= 4 is 10.9 Å². The van der Waals surface area contributed by atoms with E-state index in [0.717, 1.165) is 23.0 Å². The highest BCUT2D eigenvalue weighted by molar-refractivity contribution is 5.85. The van der Waals surface area contributed by atoms with Gasteiger partial charge in [-0.05, 0) is 26.0 Å². The molecule has 2 rings (SSSR count). The van der Waals surface area contributed by atoms with Crippen molar-refractivity contribution in [3.63, 3.8) is 0 Å². The molecule has 0 saturated carbocycles. The second-order valence-corrected chi connectivity index (χ2v) is 3.75. The summed E-state index contributed by atoms with van der Waals surface area (Å²) < 4.78 is 2.02. The molecule has 80 valence electrons. The molecule has 0 bridgehead atoms. The molecule has 15 heavy (non-hydrogen) atoms. The van der Waals surface area contributed by atoms with Gasteiger partial charge in [-0.2, -0.15) is 0 Å². The zero-order valence-electron chi connectivity index (χ0n) is 8.94. The van der Waals surface area contributed by atoms with Gasteiger partial charge < -0.3 is 14.8 Å². The minimum absolute atomic E-state index is 0.257. The normalized spacial score (nSPS) is 13.3. The summed E-state index contributed by atoms with van der Waals surface area (Å²) in [5.41, 5.74) is 1.88. The Kier molecular flexibility index (Phi) is 2.40. The van der Waals surface area contributed by atoms with Gasteiger partial charge in [0.25, 0.3) is 0 Å². The summed E-state index contributed by atoms with van der Waals surface area (Å²) in [5, 5.41) is 20.1. The molecule has 0 aliphatic rings. The molecule has 3 heteroatoms. The zero-order valence-corrected chi connectivity index (χ0v) is 8.94. The number of fused-ring (bicyclic) bond motifs is 1. The number of hydrogen-bond donors (Lipinski definition) is 2. The molecule has 0 radical (unpaired) electrons. The van der Waals surface area contributed by atoms with Crippen molar-refractivity contribution in [1.82, 2.24) is 4.57 Å². The van der Waals surface area contributed by atoms with Gasteiger partial charge in [0.15, 0.2) is 0 Å². The molecule has 2 aromatic rings. The first-order chi connectivity index (χ1) is 7.13. The first-order valence-corrected chi connectivity index (χ1v) is 5.13. The molecule has 1 atom stereocenters. The lowest BCUT2D eigenvalue weighted by Crippen LogP contribution is -1.91. The molecule has 1 heterocycles. The van der Waals surface area contributed by atoms with E-state index >= 15 is 0 Å². The third kappa shape index (κ3) is 1.59. The number of aromatic hydroxyl groups is 1. The number of phenolic OH excluding ortho intramolecular Hbond substituents is 1. The summed E-state index contributed by atoms with van der Waals surface area (Å²) in [6.07, 6.45) is 1.46. The Hall–Kier alpha value is -1.48. The molecule has 2 N–H and O–H groups in total. The molecule has 0 amide bonds. The van der Waals surface area contributed by atoms with Gasteiger partial charge in [-0.3, -0.25) is 0 Å². The second-order valence-electron chi connectivity index (χ2n) is 3.75. The summed E-state index contributed by atoms with van der Waals surface area (Å²) in [6.45, 7) is 4.61. The molecule has 0 aliphatic carbocycles. The molecule has 0 saturated heterocycles. The number of hydrogen-bond acceptors (Lipinski definition) is 2. The van der Waals surface area contributed by atoms with Gasteiger partial charge in [0, 0.05) is 29.8 Å². The molecule has 0 spiro atoms. The predicted molar refractivity (Wildman–Crippen MR) is 59.9 cm³/mol. The summed E-state index contributed by atoms with van der Waals surface area (Å²) in [6, 6.07) is 5.22. The highest BCUT2D eigenvalue weighted by Crippen LogP contribution is 2.28. The fourth-order valence-corrected chi connectivity index (χ4v) is 1.90. The lowest BCUT2D eigenvalue weighted by molar-refractivity contribution is 0.200. The second kappa shape index (κ2) is 3.59. The summed E-state index contributed by atoms with van der Waals surface area (Å²) >= 11 is 0. The molecule has 1 aromatic heterocycles. The van der Waals surface area contributed by atoms with Gasteiger partial charge in [-0.25, -0.2) is 0 Å². The van der Waals surface area contributed by atoms with Crippen LogP contribution in [-0.2, 0) is 6.54 Å². The molecule has 1 unspecified atom stereocenters. The Labute approximate surface area is 88.6 Å². The number of aliphatic hydroxyl groups is 1. The third-order valence-electron chi connectivity index (χ3n) is 2.69. The number of aryl methyl sites for hydroxylation is 1. The van der Waals surface area contributed by atoms with Crippen LogP contribution < -0.4 is 0 Å². The number of rotatable bonds is 2. The van der Waals surface area contributed by atoms with Crippen molar-refractivity contribution in [1.29, 1.82) is 0 Å². The Morgan fingerprint density at radius 3 is 2.73 bits per heavy atom. The number of phenols is 1. The van der Waals surface area contributed by atoms with Crippen LogP contribution in [0.5, 0.6) is 5.75 Å². The predicted octanol–water partition coefficient (Wildman–Crippen LogP) is 2.42. The topological polar surface area (TPSA) is 45.4 Å². The Morgan fingerprint density at radius 2 is 2.13 bits per heavy atom. The summed E-state index contributed by atoms with van der Waals surface area (Å²) in [4.78, 5) is 0. The SMILES string of the molecule is CCn1cc(C(C)O)c2ccc(O)cc21.